The fraction of sp³-hybridized carbons (Fsp3) is 0.333. The average Bonchev–Trinajstić information content (AvgIpc) is 2.77. The second kappa shape index (κ2) is 6.70. The Morgan fingerprint density at radius 3 is 2.67 bits per heavy atom. The molecule has 0 aliphatic carbocycles. The van der Waals surface area contributed by atoms with Gasteiger partial charge in [0.2, 0.25) is 0 Å². The SMILES string of the molecule is O=C1C(=Cc2ccccc2)SC(=S)N1CN1CCOCC1. The molecule has 6 heteroatoms. The lowest BCUT2D eigenvalue weighted by atomic mass is 10.2. The predicted molar refractivity (Wildman–Crippen MR) is 88.7 cm³/mol. The van der Waals surface area contributed by atoms with Gasteiger partial charge < -0.3 is 4.74 Å². The van der Waals surface area contributed by atoms with Crippen molar-refractivity contribution in [3.8, 4) is 0 Å². The molecule has 2 saturated heterocycles. The molecule has 0 N–H and O–H groups in total. The number of rotatable bonds is 3. The molecular formula is C15H16N2O2S2. The van der Waals surface area contributed by atoms with Crippen LogP contribution in [0.5, 0.6) is 0 Å². The maximum atomic E-state index is 12.5. The van der Waals surface area contributed by atoms with Crippen molar-refractivity contribution in [2.75, 3.05) is 33.0 Å². The van der Waals surface area contributed by atoms with E-state index in [0.717, 1.165) is 18.7 Å². The predicted octanol–water partition coefficient (Wildman–Crippen LogP) is 2.18. The molecule has 2 heterocycles. The van der Waals surface area contributed by atoms with Gasteiger partial charge in [-0.2, -0.15) is 0 Å². The summed E-state index contributed by atoms with van der Waals surface area (Å²) < 4.78 is 5.96. The molecule has 0 radical (unpaired) electrons. The van der Waals surface area contributed by atoms with E-state index in [1.165, 1.54) is 11.8 Å². The van der Waals surface area contributed by atoms with Crippen LogP contribution in [0.3, 0.4) is 0 Å². The molecular weight excluding hydrogens is 304 g/mol. The van der Waals surface area contributed by atoms with Gasteiger partial charge in [0.15, 0.2) is 0 Å². The Hall–Kier alpha value is -1.21. The van der Waals surface area contributed by atoms with Crippen molar-refractivity contribution in [1.82, 2.24) is 9.80 Å². The summed E-state index contributed by atoms with van der Waals surface area (Å²) >= 11 is 6.72. The van der Waals surface area contributed by atoms with E-state index in [-0.39, 0.29) is 5.91 Å². The monoisotopic (exact) mass is 320 g/mol. The number of thiocarbonyl (C=S) groups is 1. The van der Waals surface area contributed by atoms with Crippen LogP contribution in [0.2, 0.25) is 0 Å². The maximum absolute atomic E-state index is 12.5. The maximum Gasteiger partial charge on any atom is 0.267 e. The first-order valence-corrected chi connectivity index (χ1v) is 8.07. The number of benzene rings is 1. The molecule has 2 aliphatic rings. The summed E-state index contributed by atoms with van der Waals surface area (Å²) in [6.45, 7) is 3.67. The van der Waals surface area contributed by atoms with Crippen LogP contribution >= 0.6 is 24.0 Å². The van der Waals surface area contributed by atoms with Gasteiger partial charge in [0.1, 0.15) is 4.32 Å². The van der Waals surface area contributed by atoms with Crippen molar-refractivity contribution < 1.29 is 9.53 Å². The van der Waals surface area contributed by atoms with Gasteiger partial charge in [0.05, 0.1) is 24.8 Å². The van der Waals surface area contributed by atoms with Gasteiger partial charge in [-0.3, -0.25) is 14.6 Å². The van der Waals surface area contributed by atoms with E-state index in [1.807, 2.05) is 36.4 Å². The third-order valence-electron chi connectivity index (χ3n) is 3.42. The highest BCUT2D eigenvalue weighted by Gasteiger charge is 2.33. The van der Waals surface area contributed by atoms with Crippen molar-refractivity contribution in [3.05, 3.63) is 40.8 Å². The van der Waals surface area contributed by atoms with E-state index in [0.29, 0.717) is 29.1 Å². The standard InChI is InChI=1S/C15H16N2O2S2/c18-14-13(10-12-4-2-1-3-5-12)21-15(20)17(14)11-16-6-8-19-9-7-16/h1-5,10H,6-9,11H2. The van der Waals surface area contributed by atoms with E-state index in [1.54, 1.807) is 4.90 Å². The lowest BCUT2D eigenvalue weighted by Gasteiger charge is -2.29. The molecule has 0 unspecified atom stereocenters. The van der Waals surface area contributed by atoms with Crippen molar-refractivity contribution in [2.45, 2.75) is 0 Å². The minimum absolute atomic E-state index is 0.000319. The Morgan fingerprint density at radius 1 is 1.24 bits per heavy atom. The lowest BCUT2D eigenvalue weighted by molar-refractivity contribution is -0.124. The fourth-order valence-electron chi connectivity index (χ4n) is 2.27. The van der Waals surface area contributed by atoms with E-state index in [4.69, 9.17) is 17.0 Å². The number of amides is 1. The Balaban J connectivity index is 1.71. The molecule has 1 aromatic rings. The van der Waals surface area contributed by atoms with E-state index in [2.05, 4.69) is 4.90 Å². The van der Waals surface area contributed by atoms with Gasteiger partial charge in [-0.1, -0.05) is 54.3 Å². The van der Waals surface area contributed by atoms with Gasteiger partial charge in [-0.15, -0.1) is 0 Å². The lowest BCUT2D eigenvalue weighted by Crippen LogP contribution is -2.45. The van der Waals surface area contributed by atoms with E-state index in [9.17, 15) is 4.79 Å². The van der Waals surface area contributed by atoms with Crippen LogP contribution < -0.4 is 0 Å². The Labute approximate surface area is 133 Å². The molecule has 0 atom stereocenters. The molecule has 0 bridgehead atoms. The first-order valence-electron chi connectivity index (χ1n) is 6.84. The van der Waals surface area contributed by atoms with Crippen LogP contribution in [0.4, 0.5) is 0 Å². The zero-order chi connectivity index (χ0) is 14.7. The summed E-state index contributed by atoms with van der Waals surface area (Å²) in [7, 11) is 0. The number of hydrogen-bond acceptors (Lipinski definition) is 5. The number of carbonyl (C=O) groups is 1. The highest BCUT2D eigenvalue weighted by molar-refractivity contribution is 8.26. The number of carbonyl (C=O) groups excluding carboxylic acids is 1. The van der Waals surface area contributed by atoms with Crippen LogP contribution in [0, 0.1) is 0 Å². The van der Waals surface area contributed by atoms with Crippen molar-refractivity contribution in [3.63, 3.8) is 0 Å². The average molecular weight is 320 g/mol. The van der Waals surface area contributed by atoms with E-state index < -0.39 is 0 Å². The molecule has 0 saturated carbocycles. The van der Waals surface area contributed by atoms with Crippen LogP contribution in [0.15, 0.2) is 35.2 Å². The molecule has 3 rings (SSSR count). The summed E-state index contributed by atoms with van der Waals surface area (Å²) in [5.74, 6) is 0.000319. The topological polar surface area (TPSA) is 32.8 Å². The molecule has 21 heavy (non-hydrogen) atoms. The van der Waals surface area contributed by atoms with Crippen LogP contribution in [-0.2, 0) is 9.53 Å². The fourth-order valence-corrected chi connectivity index (χ4v) is 3.51. The molecule has 1 aromatic carbocycles. The third kappa shape index (κ3) is 3.52. The molecule has 1 amide bonds. The zero-order valence-corrected chi connectivity index (χ0v) is 13.2. The molecule has 2 fully saturated rings. The second-order valence-corrected chi connectivity index (χ2v) is 6.57. The molecule has 2 aliphatic heterocycles. The quantitative estimate of drug-likeness (QED) is 0.630. The first kappa shape index (κ1) is 14.7. The summed E-state index contributed by atoms with van der Waals surface area (Å²) in [6.07, 6.45) is 1.90. The van der Waals surface area contributed by atoms with Crippen molar-refractivity contribution in [2.24, 2.45) is 0 Å². The van der Waals surface area contributed by atoms with Crippen LogP contribution in [0.1, 0.15) is 5.56 Å². The molecule has 0 aromatic heterocycles. The normalized spacial score (nSPS) is 22.3. The number of thioether (sulfide) groups is 1. The van der Waals surface area contributed by atoms with Gasteiger partial charge in [-0.25, -0.2) is 0 Å². The number of ether oxygens (including phenoxy) is 1. The number of nitrogens with zero attached hydrogens (tertiary/aromatic N) is 2. The smallest absolute Gasteiger partial charge is 0.267 e. The van der Waals surface area contributed by atoms with Gasteiger partial charge in [0.25, 0.3) is 5.91 Å². The first-order chi connectivity index (χ1) is 10.2. The Morgan fingerprint density at radius 2 is 1.95 bits per heavy atom. The minimum atomic E-state index is 0.000319. The van der Waals surface area contributed by atoms with Crippen LogP contribution in [0.25, 0.3) is 6.08 Å². The summed E-state index contributed by atoms with van der Waals surface area (Å²) in [5.41, 5.74) is 1.02. The van der Waals surface area contributed by atoms with Crippen molar-refractivity contribution in [1.29, 1.82) is 0 Å². The summed E-state index contributed by atoms with van der Waals surface area (Å²) in [6, 6.07) is 9.84. The minimum Gasteiger partial charge on any atom is -0.379 e. The van der Waals surface area contributed by atoms with Crippen LogP contribution in [-0.4, -0.2) is 53.0 Å². The summed E-state index contributed by atoms with van der Waals surface area (Å²) in [5, 5.41) is 0. The zero-order valence-electron chi connectivity index (χ0n) is 11.5. The number of morpholine rings is 1. The summed E-state index contributed by atoms with van der Waals surface area (Å²) in [4.78, 5) is 17.1. The molecule has 110 valence electrons. The second-order valence-electron chi connectivity index (χ2n) is 4.89. The van der Waals surface area contributed by atoms with Gasteiger partial charge in [0, 0.05) is 13.1 Å². The molecule has 0 spiro atoms. The largest absolute Gasteiger partial charge is 0.379 e. The van der Waals surface area contributed by atoms with Gasteiger partial charge in [-0.05, 0) is 11.6 Å². The highest BCUT2D eigenvalue weighted by atomic mass is 32.2. The molecule has 4 nitrogen and oxygen atoms in total. The Bertz CT molecular complexity index is 568. The third-order valence-corrected chi connectivity index (χ3v) is 4.79. The van der Waals surface area contributed by atoms with E-state index >= 15 is 0 Å². The van der Waals surface area contributed by atoms with Gasteiger partial charge >= 0.3 is 0 Å². The number of hydrogen-bond donors (Lipinski definition) is 0. The Kier molecular flexibility index (Phi) is 4.70. The van der Waals surface area contributed by atoms with Crippen molar-refractivity contribution >= 4 is 40.3 Å². The highest BCUT2D eigenvalue weighted by Crippen LogP contribution is 2.32.